The van der Waals surface area contributed by atoms with E-state index >= 15 is 0 Å². The number of nitrogens with zero attached hydrogens (tertiary/aromatic N) is 2. The molecular weight excluding hydrogens is 400 g/mol. The van der Waals surface area contributed by atoms with Crippen molar-refractivity contribution in [1.82, 2.24) is 4.98 Å². The van der Waals surface area contributed by atoms with E-state index < -0.39 is 0 Å². The molecule has 2 N–H and O–H groups in total. The molecule has 1 aromatic heterocycles. The van der Waals surface area contributed by atoms with Gasteiger partial charge in [0.15, 0.2) is 11.5 Å². The third-order valence-corrected chi connectivity index (χ3v) is 5.60. The summed E-state index contributed by atoms with van der Waals surface area (Å²) in [6.45, 7) is 1.37. The van der Waals surface area contributed by atoms with Gasteiger partial charge in [0.05, 0.1) is 23.9 Å². The molecule has 0 aliphatic carbocycles. The van der Waals surface area contributed by atoms with Crippen LogP contribution in [-0.2, 0) is 13.0 Å². The molecule has 0 amide bonds. The largest absolute Gasteiger partial charge is 0.493 e. The lowest BCUT2D eigenvalue weighted by atomic mass is 10.1. The highest BCUT2D eigenvalue weighted by Gasteiger charge is 2.16. The van der Waals surface area contributed by atoms with E-state index in [-0.39, 0.29) is 0 Å². The van der Waals surface area contributed by atoms with Crippen LogP contribution in [-0.4, -0.2) is 18.6 Å². The van der Waals surface area contributed by atoms with Crippen LogP contribution in [0.3, 0.4) is 0 Å². The summed E-state index contributed by atoms with van der Waals surface area (Å²) < 4.78 is 11.6. The minimum absolute atomic E-state index is 0.423. The van der Waals surface area contributed by atoms with Gasteiger partial charge < -0.3 is 20.1 Å². The van der Waals surface area contributed by atoms with Gasteiger partial charge in [0.1, 0.15) is 12.7 Å². The Morgan fingerprint density at radius 3 is 2.78 bits per heavy atom. The van der Waals surface area contributed by atoms with E-state index in [1.807, 2.05) is 48.5 Å². The molecule has 1 aliphatic rings. The lowest BCUT2D eigenvalue weighted by Crippen LogP contribution is -2.01. The summed E-state index contributed by atoms with van der Waals surface area (Å²) in [5.41, 5.74) is 6.28. The van der Waals surface area contributed by atoms with Crippen LogP contribution in [0, 0.1) is 11.3 Å². The number of hydrogen-bond donors (Lipinski definition) is 2. The maximum atomic E-state index is 9.70. The van der Waals surface area contributed by atoms with E-state index in [4.69, 9.17) is 9.47 Å². The number of aromatic nitrogens is 1. The number of nitrogens with one attached hydrogen (secondary N) is 2. The Morgan fingerprint density at radius 2 is 1.97 bits per heavy atom. The summed E-state index contributed by atoms with van der Waals surface area (Å²) in [6, 6.07) is 22.2. The SMILES string of the molecule is COc1cc2c(Nc3ccc4c(c3)NCC4)c(C#N)cnc2cc1OCc1ccccc1. The molecule has 0 unspecified atom stereocenters. The summed E-state index contributed by atoms with van der Waals surface area (Å²) in [5.74, 6) is 1.19. The van der Waals surface area contributed by atoms with Crippen molar-refractivity contribution in [3.05, 3.63) is 83.6 Å². The van der Waals surface area contributed by atoms with Crippen molar-refractivity contribution in [2.45, 2.75) is 13.0 Å². The van der Waals surface area contributed by atoms with E-state index in [1.165, 1.54) is 5.56 Å². The zero-order valence-corrected chi connectivity index (χ0v) is 17.7. The summed E-state index contributed by atoms with van der Waals surface area (Å²) in [5, 5.41) is 17.3. The zero-order valence-electron chi connectivity index (χ0n) is 17.7. The third-order valence-electron chi connectivity index (χ3n) is 5.60. The molecule has 158 valence electrons. The van der Waals surface area contributed by atoms with Crippen LogP contribution in [0.2, 0.25) is 0 Å². The molecule has 1 aliphatic heterocycles. The Morgan fingerprint density at radius 1 is 1.09 bits per heavy atom. The first-order valence-electron chi connectivity index (χ1n) is 10.5. The fourth-order valence-electron chi connectivity index (χ4n) is 3.94. The molecule has 0 saturated carbocycles. The van der Waals surface area contributed by atoms with E-state index in [2.05, 4.69) is 33.8 Å². The van der Waals surface area contributed by atoms with Crippen molar-refractivity contribution in [3.8, 4) is 17.6 Å². The molecule has 2 heterocycles. The van der Waals surface area contributed by atoms with Crippen molar-refractivity contribution < 1.29 is 9.47 Å². The first kappa shape index (κ1) is 19.7. The van der Waals surface area contributed by atoms with E-state index in [1.54, 1.807) is 13.3 Å². The summed E-state index contributed by atoms with van der Waals surface area (Å²) in [7, 11) is 1.61. The Hall–Kier alpha value is -4.24. The van der Waals surface area contributed by atoms with Gasteiger partial charge in [0.25, 0.3) is 0 Å². The van der Waals surface area contributed by atoms with Crippen molar-refractivity contribution >= 4 is 28.0 Å². The van der Waals surface area contributed by atoms with Crippen molar-refractivity contribution in [3.63, 3.8) is 0 Å². The second-order valence-electron chi connectivity index (χ2n) is 7.63. The van der Waals surface area contributed by atoms with Crippen LogP contribution in [0.4, 0.5) is 17.1 Å². The highest BCUT2D eigenvalue weighted by Crippen LogP contribution is 2.38. The number of hydrogen-bond acceptors (Lipinski definition) is 6. The van der Waals surface area contributed by atoms with Crippen LogP contribution in [0.15, 0.2) is 66.9 Å². The van der Waals surface area contributed by atoms with E-state index in [9.17, 15) is 5.26 Å². The topological polar surface area (TPSA) is 79.2 Å². The third kappa shape index (κ3) is 3.77. The molecule has 4 aromatic rings. The maximum Gasteiger partial charge on any atom is 0.163 e. The van der Waals surface area contributed by atoms with E-state index in [0.717, 1.165) is 40.8 Å². The molecule has 0 radical (unpaired) electrons. The smallest absolute Gasteiger partial charge is 0.163 e. The van der Waals surface area contributed by atoms with Gasteiger partial charge in [-0.3, -0.25) is 4.98 Å². The van der Waals surface area contributed by atoms with Crippen LogP contribution >= 0.6 is 0 Å². The van der Waals surface area contributed by atoms with Crippen LogP contribution in [0.5, 0.6) is 11.5 Å². The number of rotatable bonds is 6. The molecule has 5 rings (SSSR count). The van der Waals surface area contributed by atoms with E-state index in [0.29, 0.717) is 29.4 Å². The van der Waals surface area contributed by atoms with Crippen molar-refractivity contribution in [1.29, 1.82) is 5.26 Å². The molecule has 0 bridgehead atoms. The Kier molecular flexibility index (Phi) is 5.22. The number of benzene rings is 3. The minimum Gasteiger partial charge on any atom is -0.493 e. The summed E-state index contributed by atoms with van der Waals surface area (Å²) in [6.07, 6.45) is 2.62. The lowest BCUT2D eigenvalue weighted by molar-refractivity contribution is 0.285. The van der Waals surface area contributed by atoms with Crippen LogP contribution in [0.25, 0.3) is 10.9 Å². The first-order chi connectivity index (χ1) is 15.7. The minimum atomic E-state index is 0.423. The molecule has 6 heteroatoms. The zero-order chi connectivity index (χ0) is 21.9. The first-order valence-corrected chi connectivity index (χ1v) is 10.5. The Labute approximate surface area is 186 Å². The molecular formula is C26H22N4O2. The second-order valence-corrected chi connectivity index (χ2v) is 7.63. The van der Waals surface area contributed by atoms with Crippen molar-refractivity contribution in [2.24, 2.45) is 0 Å². The van der Waals surface area contributed by atoms with Gasteiger partial charge in [-0.1, -0.05) is 36.4 Å². The average molecular weight is 422 g/mol. The maximum absolute atomic E-state index is 9.70. The van der Waals surface area contributed by atoms with Gasteiger partial charge >= 0.3 is 0 Å². The lowest BCUT2D eigenvalue weighted by Gasteiger charge is -2.16. The molecule has 0 atom stereocenters. The Balaban J connectivity index is 1.52. The second kappa shape index (κ2) is 8.48. The van der Waals surface area contributed by atoms with Gasteiger partial charge in [-0.25, -0.2) is 0 Å². The number of anilines is 3. The van der Waals surface area contributed by atoms with Crippen molar-refractivity contribution in [2.75, 3.05) is 24.3 Å². The summed E-state index contributed by atoms with van der Waals surface area (Å²) in [4.78, 5) is 4.49. The fraction of sp³-hybridized carbons (Fsp3) is 0.154. The number of fused-ring (bicyclic) bond motifs is 2. The van der Waals surface area contributed by atoms with Gasteiger partial charge in [0.2, 0.25) is 0 Å². The predicted molar refractivity (Wildman–Crippen MR) is 126 cm³/mol. The Bertz CT molecular complexity index is 1330. The fourth-order valence-corrected chi connectivity index (χ4v) is 3.94. The van der Waals surface area contributed by atoms with Crippen LogP contribution < -0.4 is 20.1 Å². The number of nitriles is 1. The number of pyridine rings is 1. The predicted octanol–water partition coefficient (Wildman–Crippen LogP) is 5.41. The van der Waals surface area contributed by atoms with Crippen LogP contribution in [0.1, 0.15) is 16.7 Å². The molecule has 0 fully saturated rings. The van der Waals surface area contributed by atoms with Gasteiger partial charge in [-0.05, 0) is 35.7 Å². The molecule has 3 aromatic carbocycles. The normalized spacial score (nSPS) is 12.0. The van der Waals surface area contributed by atoms with Gasteiger partial charge in [0, 0.05) is 35.6 Å². The quantitative estimate of drug-likeness (QED) is 0.433. The highest BCUT2D eigenvalue weighted by molar-refractivity contribution is 5.97. The number of methoxy groups -OCH3 is 1. The standard InChI is InChI=1S/C26H22N4O2/c1-31-24-12-21-23(13-25(24)32-16-17-5-3-2-4-6-17)29-15-19(14-27)26(21)30-20-8-7-18-9-10-28-22(18)11-20/h2-8,11-13,15,28H,9-10,16H2,1H3,(H,29,30). The summed E-state index contributed by atoms with van der Waals surface area (Å²) >= 11 is 0. The number of ether oxygens (including phenoxy) is 2. The highest BCUT2D eigenvalue weighted by atomic mass is 16.5. The molecule has 0 spiro atoms. The van der Waals surface area contributed by atoms with Gasteiger partial charge in [-0.2, -0.15) is 5.26 Å². The molecule has 0 saturated heterocycles. The monoisotopic (exact) mass is 422 g/mol. The molecule has 32 heavy (non-hydrogen) atoms. The average Bonchev–Trinajstić information content (AvgIpc) is 3.31. The van der Waals surface area contributed by atoms with Gasteiger partial charge in [-0.15, -0.1) is 0 Å². The molecule has 6 nitrogen and oxygen atoms in total.